The third kappa shape index (κ3) is 3.48. The maximum atomic E-state index is 13.0. The smallest absolute Gasteiger partial charge is 0.411 e. The summed E-state index contributed by atoms with van der Waals surface area (Å²) in [6.07, 6.45) is 0.516. The van der Waals surface area contributed by atoms with Crippen molar-refractivity contribution < 1.29 is 9.53 Å². The highest BCUT2D eigenvalue weighted by Gasteiger charge is 2.36. The quantitative estimate of drug-likeness (QED) is 0.533. The van der Waals surface area contributed by atoms with Gasteiger partial charge < -0.3 is 9.72 Å². The molecule has 1 aliphatic rings. The van der Waals surface area contributed by atoms with E-state index in [-0.39, 0.29) is 12.1 Å². The number of amides is 1. The third-order valence-electron chi connectivity index (χ3n) is 4.83. The number of aromatic amines is 1. The van der Waals surface area contributed by atoms with Crippen LogP contribution in [0.1, 0.15) is 43.6 Å². The van der Waals surface area contributed by atoms with E-state index in [1.54, 1.807) is 0 Å². The van der Waals surface area contributed by atoms with Crippen molar-refractivity contribution in [3.8, 4) is 0 Å². The largest absolute Gasteiger partial charge is 0.444 e. The Morgan fingerprint density at radius 2 is 1.85 bits per heavy atom. The first-order valence-electron chi connectivity index (χ1n) is 9.18. The summed E-state index contributed by atoms with van der Waals surface area (Å²) in [4.78, 5) is 18.4. The number of carbonyl (C=O) groups is 1. The Bertz CT molecular complexity index is 986. The Balaban J connectivity index is 1.86. The zero-order valence-corrected chi connectivity index (χ0v) is 17.3. The second kappa shape index (κ2) is 6.71. The van der Waals surface area contributed by atoms with Crippen molar-refractivity contribution in [2.75, 3.05) is 6.54 Å². The topological polar surface area (TPSA) is 45.3 Å². The van der Waals surface area contributed by atoms with E-state index in [1.807, 2.05) is 49.9 Å². The number of ether oxygens (including phenoxy) is 1. The zero-order chi connectivity index (χ0) is 19.2. The lowest BCUT2D eigenvalue weighted by atomic mass is 9.90. The lowest BCUT2D eigenvalue weighted by Crippen LogP contribution is -2.43. The highest BCUT2D eigenvalue weighted by molar-refractivity contribution is 9.10. The van der Waals surface area contributed by atoms with E-state index in [2.05, 4.69) is 45.2 Å². The van der Waals surface area contributed by atoms with E-state index in [4.69, 9.17) is 4.74 Å². The van der Waals surface area contributed by atoms with Crippen LogP contribution in [-0.4, -0.2) is 28.1 Å². The SMILES string of the molecule is CC(C)(C)OC(=O)N1CCc2[nH]c3ccccc3c2[C@@H]1c1ccc(Br)cc1. The van der Waals surface area contributed by atoms with Gasteiger partial charge >= 0.3 is 6.09 Å². The number of rotatable bonds is 1. The second-order valence-electron chi connectivity index (χ2n) is 7.94. The van der Waals surface area contributed by atoms with Crippen molar-refractivity contribution in [3.63, 3.8) is 0 Å². The predicted molar refractivity (Wildman–Crippen MR) is 111 cm³/mol. The van der Waals surface area contributed by atoms with E-state index in [1.165, 1.54) is 11.3 Å². The summed E-state index contributed by atoms with van der Waals surface area (Å²) in [5, 5.41) is 1.16. The molecule has 1 atom stereocenters. The summed E-state index contributed by atoms with van der Waals surface area (Å²) in [5.74, 6) is 0. The number of halogens is 1. The monoisotopic (exact) mass is 426 g/mol. The molecule has 1 aromatic heterocycles. The van der Waals surface area contributed by atoms with Crippen LogP contribution in [0.15, 0.2) is 53.0 Å². The first-order valence-corrected chi connectivity index (χ1v) is 9.97. The fourth-order valence-electron chi connectivity index (χ4n) is 3.76. The van der Waals surface area contributed by atoms with E-state index < -0.39 is 5.60 Å². The highest BCUT2D eigenvalue weighted by atomic mass is 79.9. The van der Waals surface area contributed by atoms with Crippen LogP contribution in [0.25, 0.3) is 10.9 Å². The molecule has 5 heteroatoms. The molecule has 0 bridgehead atoms. The summed E-state index contributed by atoms with van der Waals surface area (Å²) < 4.78 is 6.74. The number of H-pyrrole nitrogens is 1. The summed E-state index contributed by atoms with van der Waals surface area (Å²) in [5.41, 5.74) is 4.03. The molecule has 0 saturated heterocycles. The Hall–Kier alpha value is -2.27. The number of hydrogen-bond acceptors (Lipinski definition) is 2. The van der Waals surface area contributed by atoms with Crippen molar-refractivity contribution >= 4 is 32.9 Å². The van der Waals surface area contributed by atoms with E-state index in [0.717, 1.165) is 27.4 Å². The van der Waals surface area contributed by atoms with E-state index in [0.29, 0.717) is 6.54 Å². The van der Waals surface area contributed by atoms with Gasteiger partial charge in [-0.05, 0) is 44.5 Å². The van der Waals surface area contributed by atoms with Crippen LogP contribution in [0.4, 0.5) is 4.79 Å². The summed E-state index contributed by atoms with van der Waals surface area (Å²) in [6, 6.07) is 16.3. The molecule has 3 aromatic rings. The maximum absolute atomic E-state index is 13.0. The third-order valence-corrected chi connectivity index (χ3v) is 5.36. The molecular weight excluding hydrogens is 404 g/mol. The zero-order valence-electron chi connectivity index (χ0n) is 15.8. The number of aromatic nitrogens is 1. The first-order chi connectivity index (χ1) is 12.8. The number of carbonyl (C=O) groups excluding carboxylic acids is 1. The normalized spacial score (nSPS) is 17.0. The molecule has 2 heterocycles. The molecule has 27 heavy (non-hydrogen) atoms. The summed E-state index contributed by atoms with van der Waals surface area (Å²) in [7, 11) is 0. The van der Waals surface area contributed by atoms with Gasteiger partial charge in [0.1, 0.15) is 5.60 Å². The second-order valence-corrected chi connectivity index (χ2v) is 8.86. The van der Waals surface area contributed by atoms with Crippen LogP contribution < -0.4 is 0 Å². The van der Waals surface area contributed by atoms with Gasteiger partial charge in [-0.1, -0.05) is 46.3 Å². The molecule has 1 aliphatic heterocycles. The molecule has 0 saturated carbocycles. The van der Waals surface area contributed by atoms with Gasteiger partial charge in [-0.25, -0.2) is 4.79 Å². The first kappa shape index (κ1) is 18.1. The Kier molecular flexibility index (Phi) is 4.50. The maximum Gasteiger partial charge on any atom is 0.411 e. The molecule has 1 N–H and O–H groups in total. The predicted octanol–water partition coefficient (Wildman–Crippen LogP) is 5.81. The van der Waals surface area contributed by atoms with Crippen LogP contribution in [0.3, 0.4) is 0 Å². The van der Waals surface area contributed by atoms with Crippen LogP contribution in [0.2, 0.25) is 0 Å². The molecule has 4 rings (SSSR count). The average Bonchev–Trinajstić information content (AvgIpc) is 2.99. The molecule has 2 aromatic carbocycles. The van der Waals surface area contributed by atoms with Crippen LogP contribution >= 0.6 is 15.9 Å². The van der Waals surface area contributed by atoms with Crippen molar-refractivity contribution in [3.05, 3.63) is 69.8 Å². The van der Waals surface area contributed by atoms with Crippen molar-refractivity contribution in [1.82, 2.24) is 9.88 Å². The number of fused-ring (bicyclic) bond motifs is 3. The number of nitrogens with zero attached hydrogens (tertiary/aromatic N) is 1. The minimum absolute atomic E-state index is 0.173. The van der Waals surface area contributed by atoms with Gasteiger partial charge in [0.05, 0.1) is 6.04 Å². The molecule has 140 valence electrons. The number of para-hydroxylation sites is 1. The Morgan fingerprint density at radius 1 is 1.15 bits per heavy atom. The van der Waals surface area contributed by atoms with Gasteiger partial charge in [-0.2, -0.15) is 0 Å². The van der Waals surface area contributed by atoms with E-state index >= 15 is 0 Å². The fourth-order valence-corrected chi connectivity index (χ4v) is 4.02. The lowest BCUT2D eigenvalue weighted by Gasteiger charge is -2.37. The summed E-state index contributed by atoms with van der Waals surface area (Å²) >= 11 is 3.51. The minimum Gasteiger partial charge on any atom is -0.444 e. The summed E-state index contributed by atoms with van der Waals surface area (Å²) in [6.45, 7) is 6.33. The fraction of sp³-hybridized carbons (Fsp3) is 0.318. The molecule has 4 nitrogen and oxygen atoms in total. The molecule has 0 fully saturated rings. The lowest BCUT2D eigenvalue weighted by molar-refractivity contribution is 0.0179. The molecule has 0 radical (unpaired) electrons. The van der Waals surface area contributed by atoms with Crippen molar-refractivity contribution in [2.45, 2.75) is 38.8 Å². The highest BCUT2D eigenvalue weighted by Crippen LogP contribution is 2.40. The van der Waals surface area contributed by atoms with Crippen LogP contribution in [0, 0.1) is 0 Å². The van der Waals surface area contributed by atoms with Crippen LogP contribution in [0.5, 0.6) is 0 Å². The van der Waals surface area contributed by atoms with Gasteiger partial charge in [-0.15, -0.1) is 0 Å². The number of benzene rings is 2. The van der Waals surface area contributed by atoms with Gasteiger partial charge in [0, 0.05) is 39.6 Å². The number of hydrogen-bond donors (Lipinski definition) is 1. The minimum atomic E-state index is -0.526. The van der Waals surface area contributed by atoms with Gasteiger partial charge in [-0.3, -0.25) is 4.90 Å². The van der Waals surface area contributed by atoms with Gasteiger partial charge in [0.2, 0.25) is 0 Å². The Morgan fingerprint density at radius 3 is 2.56 bits per heavy atom. The molecule has 1 amide bonds. The van der Waals surface area contributed by atoms with Crippen molar-refractivity contribution in [1.29, 1.82) is 0 Å². The van der Waals surface area contributed by atoms with Gasteiger partial charge in [0.15, 0.2) is 0 Å². The number of nitrogens with one attached hydrogen (secondary N) is 1. The van der Waals surface area contributed by atoms with Crippen LogP contribution in [-0.2, 0) is 11.2 Å². The van der Waals surface area contributed by atoms with Crippen molar-refractivity contribution in [2.24, 2.45) is 0 Å². The molecule has 0 aliphatic carbocycles. The standard InChI is InChI=1S/C22H23BrN2O2/c1-22(2,3)27-21(26)25-13-12-18-19(16-6-4-5-7-17(16)24-18)20(25)14-8-10-15(23)11-9-14/h4-11,20,24H,12-13H2,1-3H3/t20-/m0/s1. The molecule has 0 unspecified atom stereocenters. The molecular formula is C22H23BrN2O2. The Labute approximate surface area is 167 Å². The van der Waals surface area contributed by atoms with Gasteiger partial charge in [0.25, 0.3) is 0 Å². The molecule has 0 spiro atoms. The average molecular weight is 427 g/mol. The van der Waals surface area contributed by atoms with E-state index in [9.17, 15) is 4.79 Å².